The highest BCUT2D eigenvalue weighted by Crippen LogP contribution is 2.41. The lowest BCUT2D eigenvalue weighted by Gasteiger charge is -2.16. The second-order valence-electron chi connectivity index (χ2n) is 4.79. The first-order valence-electron chi connectivity index (χ1n) is 5.49. The monoisotopic (exact) mass is 229 g/mol. The number of hydrogen-bond acceptors (Lipinski definition) is 2. The van der Waals surface area contributed by atoms with Gasteiger partial charge in [-0.1, -0.05) is 6.58 Å². The number of hydrogen-bond donors (Lipinski definition) is 0. The number of amides is 1. The molecule has 1 heterocycles. The summed E-state index contributed by atoms with van der Waals surface area (Å²) >= 11 is 0. The van der Waals surface area contributed by atoms with Gasteiger partial charge in [0.05, 0.1) is 5.41 Å². The standard InChI is InChI=1S/C14H15NO2/c1-5-12(16)9-6-7-11-10(8-9)14(2,3)13(17)15(11)4/h5-8H,1H2,2-4H3. The molecule has 0 aliphatic carbocycles. The third-order valence-electron chi connectivity index (χ3n) is 3.34. The molecule has 0 atom stereocenters. The Morgan fingerprint density at radius 2 is 2.06 bits per heavy atom. The van der Waals surface area contributed by atoms with E-state index in [0.29, 0.717) is 5.56 Å². The number of fused-ring (bicyclic) bond motifs is 1. The van der Waals surface area contributed by atoms with Gasteiger partial charge >= 0.3 is 0 Å². The second kappa shape index (κ2) is 3.55. The highest BCUT2D eigenvalue weighted by atomic mass is 16.2. The Labute approximate surface area is 101 Å². The molecule has 1 aromatic carbocycles. The Balaban J connectivity index is 2.62. The van der Waals surface area contributed by atoms with E-state index in [1.54, 1.807) is 24.1 Å². The summed E-state index contributed by atoms with van der Waals surface area (Å²) in [5.41, 5.74) is 1.79. The summed E-state index contributed by atoms with van der Waals surface area (Å²) in [6.45, 7) is 7.22. The SMILES string of the molecule is C=CC(=O)c1ccc2c(c1)C(C)(C)C(=O)N2C. The van der Waals surface area contributed by atoms with Crippen LogP contribution in [-0.4, -0.2) is 18.7 Å². The van der Waals surface area contributed by atoms with E-state index in [9.17, 15) is 9.59 Å². The van der Waals surface area contributed by atoms with Crippen LogP contribution in [0.5, 0.6) is 0 Å². The normalized spacial score (nSPS) is 16.9. The summed E-state index contributed by atoms with van der Waals surface area (Å²) in [6.07, 6.45) is 1.29. The van der Waals surface area contributed by atoms with Crippen LogP contribution < -0.4 is 4.90 Å². The first kappa shape index (κ1) is 11.6. The number of anilines is 1. The van der Waals surface area contributed by atoms with E-state index < -0.39 is 5.41 Å². The molecule has 0 radical (unpaired) electrons. The van der Waals surface area contributed by atoms with Crippen molar-refractivity contribution in [1.82, 2.24) is 0 Å². The Morgan fingerprint density at radius 3 is 2.65 bits per heavy atom. The van der Waals surface area contributed by atoms with Gasteiger partial charge in [-0.3, -0.25) is 9.59 Å². The number of nitrogens with zero attached hydrogens (tertiary/aromatic N) is 1. The quantitative estimate of drug-likeness (QED) is 0.576. The van der Waals surface area contributed by atoms with E-state index in [1.165, 1.54) is 6.08 Å². The largest absolute Gasteiger partial charge is 0.314 e. The predicted molar refractivity (Wildman–Crippen MR) is 67.4 cm³/mol. The molecule has 0 aromatic heterocycles. The smallest absolute Gasteiger partial charge is 0.236 e. The maximum atomic E-state index is 12.1. The van der Waals surface area contributed by atoms with Crippen molar-refractivity contribution in [1.29, 1.82) is 0 Å². The van der Waals surface area contributed by atoms with Gasteiger partial charge in [-0.05, 0) is 43.7 Å². The Bertz CT molecular complexity index is 529. The number of carbonyl (C=O) groups excluding carboxylic acids is 2. The highest BCUT2D eigenvalue weighted by molar-refractivity contribution is 6.09. The van der Waals surface area contributed by atoms with Gasteiger partial charge in [0, 0.05) is 18.3 Å². The fourth-order valence-electron chi connectivity index (χ4n) is 2.24. The van der Waals surface area contributed by atoms with Crippen LogP contribution in [-0.2, 0) is 10.2 Å². The zero-order valence-corrected chi connectivity index (χ0v) is 10.3. The zero-order valence-electron chi connectivity index (χ0n) is 10.3. The predicted octanol–water partition coefficient (Wildman–Crippen LogP) is 2.31. The molecule has 88 valence electrons. The van der Waals surface area contributed by atoms with Gasteiger partial charge < -0.3 is 4.90 Å². The molecule has 0 fully saturated rings. The topological polar surface area (TPSA) is 37.4 Å². The van der Waals surface area contributed by atoms with E-state index in [0.717, 1.165) is 11.3 Å². The third kappa shape index (κ3) is 1.50. The molecule has 1 aromatic rings. The van der Waals surface area contributed by atoms with Crippen LogP contribution in [0.15, 0.2) is 30.9 Å². The molecule has 3 heteroatoms. The van der Waals surface area contributed by atoms with Gasteiger partial charge in [0.1, 0.15) is 0 Å². The van der Waals surface area contributed by atoms with Gasteiger partial charge in [0.15, 0.2) is 5.78 Å². The van der Waals surface area contributed by atoms with E-state index >= 15 is 0 Å². The lowest BCUT2D eigenvalue weighted by molar-refractivity contribution is -0.121. The Hall–Kier alpha value is -1.90. The van der Waals surface area contributed by atoms with Crippen LogP contribution in [0, 0.1) is 0 Å². The lowest BCUT2D eigenvalue weighted by Crippen LogP contribution is -2.33. The van der Waals surface area contributed by atoms with Crippen molar-refractivity contribution in [3.8, 4) is 0 Å². The van der Waals surface area contributed by atoms with Crippen LogP contribution in [0.3, 0.4) is 0 Å². The Morgan fingerprint density at radius 1 is 1.41 bits per heavy atom. The zero-order chi connectivity index (χ0) is 12.8. The molecule has 0 bridgehead atoms. The van der Waals surface area contributed by atoms with Crippen LogP contribution in [0.1, 0.15) is 29.8 Å². The van der Waals surface area contributed by atoms with E-state index in [1.807, 2.05) is 19.9 Å². The molecule has 0 spiro atoms. The van der Waals surface area contributed by atoms with Crippen molar-refractivity contribution in [2.45, 2.75) is 19.3 Å². The van der Waals surface area contributed by atoms with Crippen molar-refractivity contribution in [2.24, 2.45) is 0 Å². The van der Waals surface area contributed by atoms with Crippen LogP contribution in [0.25, 0.3) is 0 Å². The molecule has 0 saturated heterocycles. The molecule has 1 amide bonds. The van der Waals surface area contributed by atoms with Crippen molar-refractivity contribution in [3.05, 3.63) is 42.0 Å². The molecule has 0 saturated carbocycles. The Kier molecular flexibility index (Phi) is 2.42. The van der Waals surface area contributed by atoms with E-state index in [4.69, 9.17) is 0 Å². The first-order chi connectivity index (χ1) is 7.89. The molecular formula is C14H15NO2. The van der Waals surface area contributed by atoms with Crippen LogP contribution in [0.4, 0.5) is 5.69 Å². The van der Waals surface area contributed by atoms with Crippen molar-refractivity contribution < 1.29 is 9.59 Å². The maximum absolute atomic E-state index is 12.1. The van der Waals surface area contributed by atoms with Gasteiger partial charge in [-0.2, -0.15) is 0 Å². The molecule has 1 aliphatic rings. The highest BCUT2D eigenvalue weighted by Gasteiger charge is 2.42. The minimum Gasteiger partial charge on any atom is -0.314 e. The second-order valence-corrected chi connectivity index (χ2v) is 4.79. The fourth-order valence-corrected chi connectivity index (χ4v) is 2.24. The number of likely N-dealkylation sites (N-methyl/N-ethyl adjacent to an activating group) is 1. The van der Waals surface area contributed by atoms with Gasteiger partial charge in [0.25, 0.3) is 0 Å². The van der Waals surface area contributed by atoms with Crippen molar-refractivity contribution >= 4 is 17.4 Å². The fraction of sp³-hybridized carbons (Fsp3) is 0.286. The number of rotatable bonds is 2. The molecule has 3 nitrogen and oxygen atoms in total. The molecule has 1 aliphatic heterocycles. The molecule has 2 rings (SSSR count). The molecule has 17 heavy (non-hydrogen) atoms. The number of carbonyl (C=O) groups is 2. The summed E-state index contributed by atoms with van der Waals surface area (Å²) < 4.78 is 0. The van der Waals surface area contributed by atoms with Crippen LogP contribution >= 0.6 is 0 Å². The lowest BCUT2D eigenvalue weighted by atomic mass is 9.85. The molecule has 0 unspecified atom stereocenters. The summed E-state index contributed by atoms with van der Waals surface area (Å²) in [4.78, 5) is 25.3. The van der Waals surface area contributed by atoms with Crippen molar-refractivity contribution in [3.63, 3.8) is 0 Å². The number of allylic oxidation sites excluding steroid dienone is 1. The first-order valence-corrected chi connectivity index (χ1v) is 5.49. The van der Waals surface area contributed by atoms with Gasteiger partial charge in [-0.25, -0.2) is 0 Å². The summed E-state index contributed by atoms with van der Waals surface area (Å²) in [5.74, 6) is -0.0682. The van der Waals surface area contributed by atoms with Crippen molar-refractivity contribution in [2.75, 3.05) is 11.9 Å². The minimum absolute atomic E-state index is 0.0516. The third-order valence-corrected chi connectivity index (χ3v) is 3.34. The maximum Gasteiger partial charge on any atom is 0.236 e. The molecule has 0 N–H and O–H groups in total. The summed E-state index contributed by atoms with van der Waals surface area (Å²) in [5, 5.41) is 0. The average Bonchev–Trinajstić information content (AvgIpc) is 2.50. The summed E-state index contributed by atoms with van der Waals surface area (Å²) in [7, 11) is 1.75. The summed E-state index contributed by atoms with van der Waals surface area (Å²) in [6, 6.07) is 5.34. The number of ketones is 1. The minimum atomic E-state index is -0.568. The van der Waals surface area contributed by atoms with Gasteiger partial charge in [0.2, 0.25) is 5.91 Å². The van der Waals surface area contributed by atoms with Crippen LogP contribution in [0.2, 0.25) is 0 Å². The van der Waals surface area contributed by atoms with Gasteiger partial charge in [-0.15, -0.1) is 0 Å². The number of benzene rings is 1. The average molecular weight is 229 g/mol. The molecular weight excluding hydrogens is 214 g/mol. The van der Waals surface area contributed by atoms with E-state index in [2.05, 4.69) is 6.58 Å². The van der Waals surface area contributed by atoms with E-state index in [-0.39, 0.29) is 11.7 Å².